The van der Waals surface area contributed by atoms with Gasteiger partial charge in [-0.05, 0) is 46.5 Å². The van der Waals surface area contributed by atoms with Gasteiger partial charge in [0.25, 0.3) is 0 Å². The molecule has 2 aliphatic carbocycles. The summed E-state index contributed by atoms with van der Waals surface area (Å²) in [5.41, 5.74) is -3.06. The van der Waals surface area contributed by atoms with Crippen LogP contribution in [-0.2, 0) is 9.47 Å². The van der Waals surface area contributed by atoms with Crippen molar-refractivity contribution in [2.45, 2.75) is 107 Å². The van der Waals surface area contributed by atoms with Crippen molar-refractivity contribution in [3.63, 3.8) is 0 Å². The molecule has 1 aliphatic heterocycles. The molecular formula is C21H38O9. The molecule has 0 bridgehead atoms. The zero-order valence-electron chi connectivity index (χ0n) is 18.2. The van der Waals surface area contributed by atoms with Crippen LogP contribution in [0.15, 0.2) is 0 Å². The maximum absolute atomic E-state index is 11.3. The molecule has 9 heteroatoms. The Bertz CT molecular complexity index is 604. The average Bonchev–Trinajstić information content (AvgIpc) is 2.64. The fraction of sp³-hybridized carbons (Fsp3) is 1.00. The predicted octanol–water partition coefficient (Wildman–Crippen LogP) is -1.12. The lowest BCUT2D eigenvalue weighted by Crippen LogP contribution is -2.67. The van der Waals surface area contributed by atoms with E-state index >= 15 is 0 Å². The van der Waals surface area contributed by atoms with Gasteiger partial charge in [-0.25, -0.2) is 0 Å². The summed E-state index contributed by atoms with van der Waals surface area (Å²) in [5.74, 6) is -1.02. The van der Waals surface area contributed by atoms with Gasteiger partial charge in [-0.2, -0.15) is 0 Å². The molecule has 1 heterocycles. The molecule has 0 aromatic heterocycles. The molecule has 1 saturated heterocycles. The molecule has 7 N–H and O–H groups in total. The fourth-order valence-electron chi connectivity index (χ4n) is 6.01. The average molecular weight is 435 g/mol. The first-order valence-electron chi connectivity index (χ1n) is 10.8. The van der Waals surface area contributed by atoms with Gasteiger partial charge in [0.2, 0.25) is 0 Å². The van der Waals surface area contributed by atoms with Gasteiger partial charge in [-0.1, -0.05) is 6.92 Å². The molecule has 0 radical (unpaired) electrons. The van der Waals surface area contributed by atoms with Crippen LogP contribution in [0.1, 0.15) is 53.4 Å². The summed E-state index contributed by atoms with van der Waals surface area (Å²) in [5, 5.41) is 73.1. The maximum Gasteiger partial charge on any atom is 0.186 e. The summed E-state index contributed by atoms with van der Waals surface area (Å²) in [6.07, 6.45) is -6.77. The molecule has 30 heavy (non-hydrogen) atoms. The van der Waals surface area contributed by atoms with Gasteiger partial charge in [0.15, 0.2) is 6.29 Å². The quantitative estimate of drug-likeness (QED) is 0.291. The Morgan fingerprint density at radius 2 is 1.63 bits per heavy atom. The van der Waals surface area contributed by atoms with Crippen molar-refractivity contribution in [2.75, 3.05) is 6.61 Å². The monoisotopic (exact) mass is 434 g/mol. The highest BCUT2D eigenvalue weighted by Gasteiger charge is 2.62. The molecule has 9 nitrogen and oxygen atoms in total. The largest absolute Gasteiger partial charge is 0.394 e. The Balaban J connectivity index is 1.98. The Morgan fingerprint density at radius 1 is 1.00 bits per heavy atom. The van der Waals surface area contributed by atoms with Crippen molar-refractivity contribution < 1.29 is 45.2 Å². The molecular weight excluding hydrogens is 396 g/mol. The SMILES string of the molecule is CC(C)(O)[C@@H]1CC[C@@]2(C)[C@@H]([C@@H]1O[C@@H]1O[C@H](CO)[C@@H](O)[C@H](O)[C@H]1O)[C@@](C)(O)CC[C@@H]2O. The third-order valence-corrected chi connectivity index (χ3v) is 7.83. The molecule has 176 valence electrons. The van der Waals surface area contributed by atoms with Crippen LogP contribution >= 0.6 is 0 Å². The number of aliphatic hydroxyl groups excluding tert-OH is 5. The second-order valence-corrected chi connectivity index (χ2v) is 10.5. The van der Waals surface area contributed by atoms with Gasteiger partial charge in [0.05, 0.1) is 30.0 Å². The molecule has 3 fully saturated rings. The van der Waals surface area contributed by atoms with Crippen molar-refractivity contribution in [3.05, 3.63) is 0 Å². The van der Waals surface area contributed by atoms with Crippen molar-refractivity contribution in [2.24, 2.45) is 17.3 Å². The number of ether oxygens (including phenoxy) is 2. The van der Waals surface area contributed by atoms with Crippen LogP contribution < -0.4 is 0 Å². The van der Waals surface area contributed by atoms with Gasteiger partial charge in [0, 0.05) is 17.3 Å². The van der Waals surface area contributed by atoms with Crippen molar-refractivity contribution >= 4 is 0 Å². The summed E-state index contributed by atoms with van der Waals surface area (Å²) in [4.78, 5) is 0. The minimum Gasteiger partial charge on any atom is -0.394 e. The molecule has 0 unspecified atom stereocenters. The van der Waals surface area contributed by atoms with Crippen LogP contribution in [0, 0.1) is 17.3 Å². The van der Waals surface area contributed by atoms with Gasteiger partial charge in [-0.15, -0.1) is 0 Å². The van der Waals surface area contributed by atoms with E-state index in [4.69, 9.17) is 9.47 Å². The highest BCUT2D eigenvalue weighted by atomic mass is 16.7. The topological polar surface area (TPSA) is 160 Å². The highest BCUT2D eigenvalue weighted by Crippen LogP contribution is 2.58. The molecule has 0 aromatic rings. The second kappa shape index (κ2) is 8.20. The lowest BCUT2D eigenvalue weighted by atomic mass is 9.50. The van der Waals surface area contributed by atoms with Crippen LogP contribution in [0.5, 0.6) is 0 Å². The van der Waals surface area contributed by atoms with Crippen LogP contribution in [0.4, 0.5) is 0 Å². The smallest absolute Gasteiger partial charge is 0.186 e. The molecule has 0 aromatic carbocycles. The standard InChI is InChI=1S/C21H38O9/c1-19(2,27)10-5-7-20(3)12(23)6-8-21(4,28)17(20)16(10)30-18-15(26)14(25)13(24)11(9-22)29-18/h10-18,22-28H,5-9H2,1-4H3/t10-,11-,12+,13-,14+,15-,16-,17-,18+,20-,21+/m1/s1. The summed E-state index contributed by atoms with van der Waals surface area (Å²) in [6, 6.07) is 0. The second-order valence-electron chi connectivity index (χ2n) is 10.5. The first-order valence-corrected chi connectivity index (χ1v) is 10.8. The number of hydrogen-bond donors (Lipinski definition) is 7. The summed E-state index contributed by atoms with van der Waals surface area (Å²) >= 11 is 0. The Kier molecular flexibility index (Phi) is 6.64. The highest BCUT2D eigenvalue weighted by molar-refractivity contribution is 5.11. The molecule has 11 atom stereocenters. The molecule has 3 rings (SSSR count). The van der Waals surface area contributed by atoms with E-state index in [1.165, 1.54) is 0 Å². The van der Waals surface area contributed by atoms with E-state index in [2.05, 4.69) is 0 Å². The molecule has 2 saturated carbocycles. The van der Waals surface area contributed by atoms with Crippen LogP contribution in [0.3, 0.4) is 0 Å². The first-order chi connectivity index (χ1) is 13.7. The van der Waals surface area contributed by atoms with Gasteiger partial charge < -0.3 is 45.2 Å². The van der Waals surface area contributed by atoms with E-state index in [-0.39, 0.29) is 0 Å². The van der Waals surface area contributed by atoms with E-state index in [9.17, 15) is 35.7 Å². The number of hydrogen-bond acceptors (Lipinski definition) is 9. The lowest BCUT2D eigenvalue weighted by molar-refractivity contribution is -0.342. The fourth-order valence-corrected chi connectivity index (χ4v) is 6.01. The van der Waals surface area contributed by atoms with Gasteiger partial charge in [-0.3, -0.25) is 0 Å². The number of fused-ring (bicyclic) bond motifs is 1. The summed E-state index contributed by atoms with van der Waals surface area (Å²) in [7, 11) is 0. The van der Waals surface area contributed by atoms with Crippen molar-refractivity contribution in [3.8, 4) is 0 Å². The van der Waals surface area contributed by atoms with Crippen LogP contribution in [0.25, 0.3) is 0 Å². The van der Waals surface area contributed by atoms with E-state index in [1.807, 2.05) is 6.92 Å². The zero-order chi connectivity index (χ0) is 22.6. The summed E-state index contributed by atoms with van der Waals surface area (Å²) in [6.45, 7) is 6.32. The lowest BCUT2D eigenvalue weighted by Gasteiger charge is -2.61. The van der Waals surface area contributed by atoms with Crippen LogP contribution in [0.2, 0.25) is 0 Å². The Morgan fingerprint density at radius 3 is 2.20 bits per heavy atom. The van der Waals surface area contributed by atoms with E-state index in [0.29, 0.717) is 25.7 Å². The van der Waals surface area contributed by atoms with Gasteiger partial charge >= 0.3 is 0 Å². The first kappa shape index (κ1) is 24.3. The predicted molar refractivity (Wildman–Crippen MR) is 105 cm³/mol. The van der Waals surface area contributed by atoms with Crippen LogP contribution in [-0.4, -0.2) is 96.5 Å². The normalized spacial score (nSPS) is 52.7. The minimum absolute atomic E-state index is 0.349. The van der Waals surface area contributed by atoms with Gasteiger partial charge in [0.1, 0.15) is 24.4 Å². The number of rotatable bonds is 4. The van der Waals surface area contributed by atoms with Crippen molar-refractivity contribution in [1.29, 1.82) is 0 Å². The minimum atomic E-state index is -1.59. The van der Waals surface area contributed by atoms with Crippen molar-refractivity contribution in [1.82, 2.24) is 0 Å². The van der Waals surface area contributed by atoms with E-state index in [0.717, 1.165) is 0 Å². The molecule has 0 amide bonds. The number of aliphatic hydroxyl groups is 7. The third kappa shape index (κ3) is 4.04. The maximum atomic E-state index is 11.3. The molecule has 3 aliphatic rings. The Labute approximate surface area is 177 Å². The Hall–Kier alpha value is -0.360. The van der Waals surface area contributed by atoms with E-state index in [1.54, 1.807) is 20.8 Å². The summed E-state index contributed by atoms with van der Waals surface area (Å²) < 4.78 is 11.7. The third-order valence-electron chi connectivity index (χ3n) is 7.83. The zero-order valence-corrected chi connectivity index (χ0v) is 18.2. The van der Waals surface area contributed by atoms with E-state index < -0.39 is 78.0 Å². The molecule has 0 spiro atoms.